The number of benzene rings is 1. The molecule has 0 saturated heterocycles. The quantitative estimate of drug-likeness (QED) is 0.738. The van der Waals surface area contributed by atoms with Gasteiger partial charge in [-0.15, -0.1) is 0 Å². The number of hydrogen-bond donors (Lipinski definition) is 1. The van der Waals surface area contributed by atoms with Crippen molar-refractivity contribution in [2.75, 3.05) is 6.61 Å². The maximum absolute atomic E-state index is 10.1. The van der Waals surface area contributed by atoms with E-state index in [0.29, 0.717) is 18.9 Å². The molecule has 0 fully saturated rings. The normalized spacial score (nSPS) is 14.0. The molecule has 0 heterocycles. The topological polar surface area (TPSA) is 29.5 Å². The lowest BCUT2D eigenvalue weighted by molar-refractivity contribution is 0.139. The third-order valence-corrected chi connectivity index (χ3v) is 5.42. The number of aliphatic hydroxyl groups is 1. The van der Waals surface area contributed by atoms with Crippen LogP contribution in [0.2, 0.25) is 13.1 Å². The summed E-state index contributed by atoms with van der Waals surface area (Å²) in [6, 6.07) is 8.72. The molecule has 1 aromatic rings. The zero-order valence-corrected chi connectivity index (χ0v) is 15.7. The van der Waals surface area contributed by atoms with Gasteiger partial charge in [0.05, 0.1) is 6.10 Å². The second-order valence-electron chi connectivity index (χ2n) is 7.14. The van der Waals surface area contributed by atoms with Crippen LogP contribution in [0.5, 0.6) is 0 Å². The third kappa shape index (κ3) is 5.93. The average Bonchev–Trinajstić information content (AvgIpc) is 2.38. The van der Waals surface area contributed by atoms with Crippen LogP contribution in [-0.4, -0.2) is 26.9 Å². The fraction of sp³-hybridized carbons (Fsp3) is 0.667. The molecule has 2 nitrogen and oxygen atoms in total. The predicted octanol–water partition coefficient (Wildman–Crippen LogP) is 3.91. The summed E-state index contributed by atoms with van der Waals surface area (Å²) in [7, 11) is -0.961. The minimum atomic E-state index is -0.961. The van der Waals surface area contributed by atoms with Crippen LogP contribution < -0.4 is 0 Å². The molecule has 0 aliphatic heterocycles. The first-order chi connectivity index (χ1) is 9.73. The van der Waals surface area contributed by atoms with Crippen molar-refractivity contribution in [2.24, 2.45) is 5.92 Å². The Balaban J connectivity index is 2.55. The van der Waals surface area contributed by atoms with E-state index in [9.17, 15) is 5.11 Å². The summed E-state index contributed by atoms with van der Waals surface area (Å²) in [6.07, 6.45) is 1.14. The van der Waals surface area contributed by atoms with Gasteiger partial charge in [-0.3, -0.25) is 0 Å². The van der Waals surface area contributed by atoms with E-state index in [4.69, 9.17) is 4.43 Å². The van der Waals surface area contributed by atoms with Crippen LogP contribution in [0.25, 0.3) is 0 Å². The van der Waals surface area contributed by atoms with Gasteiger partial charge in [-0.05, 0) is 48.4 Å². The Kier molecular flexibility index (Phi) is 7.11. The van der Waals surface area contributed by atoms with Crippen molar-refractivity contribution in [3.8, 4) is 0 Å². The molecular weight excluding hydrogens is 276 g/mol. The lowest BCUT2D eigenvalue weighted by atomic mass is 9.75. The van der Waals surface area contributed by atoms with E-state index in [2.05, 4.69) is 65.1 Å². The number of aliphatic hydroxyl groups excluding tert-OH is 1. The first kappa shape index (κ1) is 18.4. The highest BCUT2D eigenvalue weighted by atomic mass is 28.3. The summed E-state index contributed by atoms with van der Waals surface area (Å²) in [4.78, 5) is 0. The zero-order chi connectivity index (χ0) is 16.0. The minimum Gasteiger partial charge on any atom is -0.420 e. The van der Waals surface area contributed by atoms with E-state index < -0.39 is 9.04 Å². The van der Waals surface area contributed by atoms with Gasteiger partial charge < -0.3 is 9.53 Å². The molecule has 0 radical (unpaired) electrons. The monoisotopic (exact) mass is 308 g/mol. The average molecular weight is 309 g/mol. The van der Waals surface area contributed by atoms with Crippen LogP contribution in [-0.2, 0) is 16.3 Å². The van der Waals surface area contributed by atoms with Crippen molar-refractivity contribution in [3.63, 3.8) is 0 Å². The molecule has 0 spiro atoms. The molecule has 0 amide bonds. The molecule has 0 aliphatic rings. The Labute approximate surface area is 132 Å². The van der Waals surface area contributed by atoms with E-state index in [1.807, 2.05) is 0 Å². The van der Waals surface area contributed by atoms with Gasteiger partial charge in [-0.1, -0.05) is 52.0 Å². The largest absolute Gasteiger partial charge is 0.420 e. The highest BCUT2D eigenvalue weighted by Gasteiger charge is 2.24. The Morgan fingerprint density at radius 3 is 2.19 bits per heavy atom. The van der Waals surface area contributed by atoms with Gasteiger partial charge in [0.25, 0.3) is 0 Å². The van der Waals surface area contributed by atoms with Crippen LogP contribution >= 0.6 is 0 Å². The zero-order valence-electron chi connectivity index (χ0n) is 14.5. The second kappa shape index (κ2) is 8.11. The SMILES string of the molecule is CC(C)C(C)(C)c1ccc(CC(O)CCO[SiH](C)C)cc1. The van der Waals surface area contributed by atoms with Crippen LogP contribution in [0, 0.1) is 5.92 Å². The predicted molar refractivity (Wildman–Crippen MR) is 93.5 cm³/mol. The van der Waals surface area contributed by atoms with Crippen LogP contribution in [0.3, 0.4) is 0 Å². The Bertz CT molecular complexity index is 410. The van der Waals surface area contributed by atoms with Crippen LogP contribution in [0.1, 0.15) is 45.2 Å². The molecule has 1 aromatic carbocycles. The Hall–Kier alpha value is -0.643. The molecule has 3 heteroatoms. The molecule has 0 bridgehead atoms. The molecule has 1 atom stereocenters. The first-order valence-electron chi connectivity index (χ1n) is 8.12. The highest BCUT2D eigenvalue weighted by Crippen LogP contribution is 2.31. The van der Waals surface area contributed by atoms with Crippen molar-refractivity contribution in [1.29, 1.82) is 0 Å². The molecule has 21 heavy (non-hydrogen) atoms. The van der Waals surface area contributed by atoms with Gasteiger partial charge in [-0.25, -0.2) is 0 Å². The lowest BCUT2D eigenvalue weighted by Gasteiger charge is -2.30. The Morgan fingerprint density at radius 1 is 1.14 bits per heavy atom. The molecule has 1 rings (SSSR count). The first-order valence-corrected chi connectivity index (χ1v) is 10.9. The highest BCUT2D eigenvalue weighted by molar-refractivity contribution is 6.48. The van der Waals surface area contributed by atoms with Gasteiger partial charge in [0.15, 0.2) is 9.04 Å². The lowest BCUT2D eigenvalue weighted by Crippen LogP contribution is -2.24. The van der Waals surface area contributed by atoms with E-state index in [0.717, 1.165) is 6.42 Å². The smallest absolute Gasteiger partial charge is 0.170 e. The molecular formula is C18H32O2Si. The molecule has 0 saturated carbocycles. The van der Waals surface area contributed by atoms with Crippen molar-refractivity contribution >= 4 is 9.04 Å². The van der Waals surface area contributed by atoms with Gasteiger partial charge in [-0.2, -0.15) is 0 Å². The van der Waals surface area contributed by atoms with Crippen molar-refractivity contribution in [2.45, 2.75) is 65.1 Å². The molecule has 1 unspecified atom stereocenters. The van der Waals surface area contributed by atoms with Crippen LogP contribution in [0.15, 0.2) is 24.3 Å². The summed E-state index contributed by atoms with van der Waals surface area (Å²) < 4.78 is 5.62. The fourth-order valence-electron chi connectivity index (χ4n) is 2.22. The third-order valence-electron chi connectivity index (χ3n) is 4.51. The maximum Gasteiger partial charge on any atom is 0.170 e. The van der Waals surface area contributed by atoms with Crippen molar-refractivity contribution in [3.05, 3.63) is 35.4 Å². The van der Waals surface area contributed by atoms with Gasteiger partial charge in [0, 0.05) is 6.61 Å². The fourth-order valence-corrected chi connectivity index (χ4v) is 2.83. The van der Waals surface area contributed by atoms with Crippen molar-refractivity contribution in [1.82, 2.24) is 0 Å². The number of hydrogen-bond acceptors (Lipinski definition) is 2. The molecule has 120 valence electrons. The summed E-state index contributed by atoms with van der Waals surface area (Å²) in [5.74, 6) is 0.603. The van der Waals surface area contributed by atoms with Gasteiger partial charge in [0.1, 0.15) is 0 Å². The summed E-state index contributed by atoms with van der Waals surface area (Å²) >= 11 is 0. The van der Waals surface area contributed by atoms with Gasteiger partial charge in [0.2, 0.25) is 0 Å². The second-order valence-corrected chi connectivity index (χ2v) is 9.57. The van der Waals surface area contributed by atoms with E-state index >= 15 is 0 Å². The van der Waals surface area contributed by atoms with Gasteiger partial charge >= 0.3 is 0 Å². The molecule has 1 N–H and O–H groups in total. The van der Waals surface area contributed by atoms with E-state index in [1.165, 1.54) is 11.1 Å². The Morgan fingerprint density at radius 2 is 1.71 bits per heavy atom. The standard InChI is InChI=1S/C18H32O2Si/c1-14(2)18(3,4)16-9-7-15(8-10-16)13-17(19)11-12-20-21(5)6/h7-10,14,17,19,21H,11-13H2,1-6H3. The van der Waals surface area contributed by atoms with Crippen LogP contribution in [0.4, 0.5) is 0 Å². The minimum absolute atomic E-state index is 0.187. The molecule has 0 aliphatic carbocycles. The molecule has 0 aromatic heterocycles. The summed E-state index contributed by atoms with van der Waals surface area (Å²) in [5.41, 5.74) is 2.75. The van der Waals surface area contributed by atoms with E-state index in [1.54, 1.807) is 0 Å². The van der Waals surface area contributed by atoms with Crippen molar-refractivity contribution < 1.29 is 9.53 Å². The van der Waals surface area contributed by atoms with E-state index in [-0.39, 0.29) is 11.5 Å². The number of rotatable bonds is 8. The maximum atomic E-state index is 10.1. The summed E-state index contributed by atoms with van der Waals surface area (Å²) in [6.45, 7) is 14.1. The summed E-state index contributed by atoms with van der Waals surface area (Å²) in [5, 5.41) is 10.1.